The number of rotatable bonds is 3. The molecule has 1 atom stereocenters. The van der Waals surface area contributed by atoms with Gasteiger partial charge in [0.25, 0.3) is 0 Å². The minimum absolute atomic E-state index is 0.104. The molecule has 10 heteroatoms. The molecule has 1 aliphatic heterocycles. The van der Waals surface area contributed by atoms with E-state index in [2.05, 4.69) is 5.32 Å². The van der Waals surface area contributed by atoms with Crippen LogP contribution in [0, 0.1) is 21.7 Å². The summed E-state index contributed by atoms with van der Waals surface area (Å²) in [5.74, 6) is -2.76. The molecule has 1 heterocycles. The van der Waals surface area contributed by atoms with Crippen molar-refractivity contribution in [2.75, 3.05) is 19.6 Å². The molecule has 1 aromatic rings. The maximum absolute atomic E-state index is 13.8. The zero-order valence-electron chi connectivity index (χ0n) is 11.0. The molecular formula is C11H13F2N3O4S. The highest BCUT2D eigenvalue weighted by Crippen LogP contribution is 2.27. The summed E-state index contributed by atoms with van der Waals surface area (Å²) in [5.41, 5.74) is -1.07. The smallest absolute Gasteiger partial charge is 0.306 e. The number of benzene rings is 1. The largest absolute Gasteiger partial charge is 0.312 e. The van der Waals surface area contributed by atoms with Crippen LogP contribution in [0.2, 0.25) is 0 Å². The van der Waals surface area contributed by atoms with Crippen molar-refractivity contribution in [2.45, 2.75) is 17.9 Å². The molecule has 2 rings (SSSR count). The number of hydrogen-bond donors (Lipinski definition) is 1. The molecule has 1 N–H and O–H groups in total. The van der Waals surface area contributed by atoms with Gasteiger partial charge in [0.15, 0.2) is 0 Å². The van der Waals surface area contributed by atoms with Gasteiger partial charge in [-0.15, -0.1) is 0 Å². The molecule has 1 unspecified atom stereocenters. The molecule has 0 aliphatic carbocycles. The van der Waals surface area contributed by atoms with Gasteiger partial charge < -0.3 is 5.32 Å². The van der Waals surface area contributed by atoms with Crippen molar-refractivity contribution in [1.82, 2.24) is 9.62 Å². The van der Waals surface area contributed by atoms with Crippen LogP contribution in [0.3, 0.4) is 0 Å². The van der Waals surface area contributed by atoms with Gasteiger partial charge in [-0.3, -0.25) is 10.1 Å². The van der Waals surface area contributed by atoms with Crippen molar-refractivity contribution >= 4 is 15.7 Å². The maximum Gasteiger partial charge on any atom is 0.306 e. The third kappa shape index (κ3) is 3.01. The van der Waals surface area contributed by atoms with E-state index in [1.807, 2.05) is 0 Å². The first-order valence-electron chi connectivity index (χ1n) is 6.10. The number of piperazine rings is 1. The first-order chi connectivity index (χ1) is 9.73. The van der Waals surface area contributed by atoms with E-state index in [9.17, 15) is 27.3 Å². The molecule has 1 aromatic carbocycles. The van der Waals surface area contributed by atoms with Gasteiger partial charge in [0.05, 0.1) is 4.92 Å². The summed E-state index contributed by atoms with van der Waals surface area (Å²) in [4.78, 5) is 8.69. The van der Waals surface area contributed by atoms with E-state index in [4.69, 9.17) is 0 Å². The molecule has 0 spiro atoms. The van der Waals surface area contributed by atoms with E-state index < -0.39 is 37.2 Å². The SMILES string of the molecule is CC1CN(S(=O)(=O)c2cc([N+](=O)[O-])c(F)cc2F)CCN1. The second kappa shape index (κ2) is 5.62. The molecule has 0 radical (unpaired) electrons. The summed E-state index contributed by atoms with van der Waals surface area (Å²) in [6.45, 7) is 2.35. The number of nitro groups is 1. The Morgan fingerprint density at radius 1 is 1.38 bits per heavy atom. The summed E-state index contributed by atoms with van der Waals surface area (Å²) >= 11 is 0. The second-order valence-corrected chi connectivity index (χ2v) is 6.62. The third-order valence-corrected chi connectivity index (χ3v) is 5.03. The Morgan fingerprint density at radius 2 is 2.05 bits per heavy atom. The van der Waals surface area contributed by atoms with Crippen molar-refractivity contribution in [3.05, 3.63) is 33.9 Å². The van der Waals surface area contributed by atoms with Gasteiger partial charge in [-0.2, -0.15) is 8.70 Å². The third-order valence-electron chi connectivity index (χ3n) is 3.15. The van der Waals surface area contributed by atoms with Crippen LogP contribution in [0.25, 0.3) is 0 Å². The fourth-order valence-electron chi connectivity index (χ4n) is 2.11. The predicted octanol–water partition coefficient (Wildman–Crippen LogP) is 0.855. The standard InChI is InChI=1S/C11H13F2N3O4S/c1-7-6-15(3-2-14-7)21(19,20)11-5-10(16(17)18)8(12)4-9(11)13/h4-5,7,14H,2-3,6H2,1H3. The Hall–Kier alpha value is -1.65. The summed E-state index contributed by atoms with van der Waals surface area (Å²) in [5, 5.41) is 13.7. The van der Waals surface area contributed by atoms with Gasteiger partial charge in [-0.1, -0.05) is 0 Å². The highest BCUT2D eigenvalue weighted by molar-refractivity contribution is 7.89. The molecule has 1 fully saturated rings. The molecule has 0 aromatic heterocycles. The fraction of sp³-hybridized carbons (Fsp3) is 0.455. The molecule has 1 saturated heterocycles. The van der Waals surface area contributed by atoms with E-state index in [0.717, 1.165) is 4.31 Å². The molecule has 116 valence electrons. The minimum atomic E-state index is -4.25. The van der Waals surface area contributed by atoms with Crippen LogP contribution >= 0.6 is 0 Å². The second-order valence-electron chi connectivity index (χ2n) is 4.71. The lowest BCUT2D eigenvalue weighted by Crippen LogP contribution is -2.51. The number of sulfonamides is 1. The van der Waals surface area contributed by atoms with Gasteiger partial charge in [0.2, 0.25) is 15.8 Å². The van der Waals surface area contributed by atoms with Crippen molar-refractivity contribution in [3.63, 3.8) is 0 Å². The lowest BCUT2D eigenvalue weighted by atomic mass is 10.3. The van der Waals surface area contributed by atoms with Crippen molar-refractivity contribution in [1.29, 1.82) is 0 Å². The number of hydrogen-bond acceptors (Lipinski definition) is 5. The maximum atomic E-state index is 13.8. The van der Waals surface area contributed by atoms with E-state index in [0.29, 0.717) is 12.6 Å². The fourth-order valence-corrected chi connectivity index (χ4v) is 3.71. The number of nitrogens with one attached hydrogen (secondary N) is 1. The van der Waals surface area contributed by atoms with Crippen LogP contribution in [-0.2, 0) is 10.0 Å². The lowest BCUT2D eigenvalue weighted by molar-refractivity contribution is -0.387. The van der Waals surface area contributed by atoms with E-state index >= 15 is 0 Å². The van der Waals surface area contributed by atoms with Crippen LogP contribution in [-0.4, -0.2) is 43.3 Å². The molecule has 1 aliphatic rings. The Labute approximate surface area is 119 Å². The van der Waals surface area contributed by atoms with Crippen LogP contribution < -0.4 is 5.32 Å². The zero-order valence-corrected chi connectivity index (χ0v) is 11.9. The monoisotopic (exact) mass is 321 g/mol. The zero-order chi connectivity index (χ0) is 15.8. The van der Waals surface area contributed by atoms with E-state index in [1.165, 1.54) is 0 Å². The molecule has 21 heavy (non-hydrogen) atoms. The molecule has 0 bridgehead atoms. The lowest BCUT2D eigenvalue weighted by Gasteiger charge is -2.31. The Kier molecular flexibility index (Phi) is 4.21. The molecule has 7 nitrogen and oxygen atoms in total. The van der Waals surface area contributed by atoms with Gasteiger partial charge >= 0.3 is 5.69 Å². The average Bonchev–Trinajstić information content (AvgIpc) is 2.37. The number of nitrogens with zero attached hydrogens (tertiary/aromatic N) is 2. The minimum Gasteiger partial charge on any atom is -0.312 e. The van der Waals surface area contributed by atoms with Gasteiger partial charge in [-0.25, -0.2) is 12.8 Å². The van der Waals surface area contributed by atoms with Crippen LogP contribution in [0.4, 0.5) is 14.5 Å². The first-order valence-corrected chi connectivity index (χ1v) is 7.54. The van der Waals surface area contributed by atoms with Crippen molar-refractivity contribution in [2.24, 2.45) is 0 Å². The van der Waals surface area contributed by atoms with Crippen molar-refractivity contribution < 1.29 is 22.1 Å². The van der Waals surface area contributed by atoms with Gasteiger partial charge in [0, 0.05) is 37.8 Å². The van der Waals surface area contributed by atoms with Crippen LogP contribution in [0.1, 0.15) is 6.92 Å². The Balaban J connectivity index is 2.49. The van der Waals surface area contributed by atoms with E-state index in [-0.39, 0.29) is 25.2 Å². The summed E-state index contributed by atoms with van der Waals surface area (Å²) < 4.78 is 52.8. The van der Waals surface area contributed by atoms with Gasteiger partial charge in [-0.05, 0) is 6.92 Å². The summed E-state index contributed by atoms with van der Waals surface area (Å²) in [6.07, 6.45) is 0. The summed E-state index contributed by atoms with van der Waals surface area (Å²) in [7, 11) is -4.25. The molecule has 0 amide bonds. The number of halogens is 2. The summed E-state index contributed by atoms with van der Waals surface area (Å²) in [6, 6.07) is 0.510. The van der Waals surface area contributed by atoms with Crippen LogP contribution in [0.15, 0.2) is 17.0 Å². The number of nitro benzene ring substituents is 1. The topological polar surface area (TPSA) is 92.5 Å². The highest BCUT2D eigenvalue weighted by Gasteiger charge is 2.33. The van der Waals surface area contributed by atoms with E-state index in [1.54, 1.807) is 6.92 Å². The first kappa shape index (κ1) is 15.7. The Morgan fingerprint density at radius 3 is 2.62 bits per heavy atom. The van der Waals surface area contributed by atoms with Crippen molar-refractivity contribution in [3.8, 4) is 0 Å². The Bertz CT molecular complexity index is 680. The predicted molar refractivity (Wildman–Crippen MR) is 69.2 cm³/mol. The highest BCUT2D eigenvalue weighted by atomic mass is 32.2. The molecule has 0 saturated carbocycles. The normalized spacial score (nSPS) is 20.4. The quantitative estimate of drug-likeness (QED) is 0.658. The van der Waals surface area contributed by atoms with Crippen LogP contribution in [0.5, 0.6) is 0 Å². The molecular weight excluding hydrogens is 308 g/mol. The van der Waals surface area contributed by atoms with Gasteiger partial charge in [0.1, 0.15) is 10.7 Å². The average molecular weight is 321 g/mol.